The lowest BCUT2D eigenvalue weighted by Gasteiger charge is -2.08. The highest BCUT2D eigenvalue weighted by Gasteiger charge is 2.17. The molecule has 0 aliphatic rings. The molecule has 0 aliphatic heterocycles. The first-order valence-corrected chi connectivity index (χ1v) is 7.14. The van der Waals surface area contributed by atoms with Crippen LogP contribution in [0, 0.1) is 0 Å². The van der Waals surface area contributed by atoms with Gasteiger partial charge >= 0.3 is 13.6 Å². The van der Waals surface area contributed by atoms with E-state index in [2.05, 4.69) is 4.74 Å². The van der Waals surface area contributed by atoms with E-state index in [9.17, 15) is 9.36 Å². The van der Waals surface area contributed by atoms with Gasteiger partial charge in [-0.1, -0.05) is 12.1 Å². The Balaban J connectivity index is 2.62. The summed E-state index contributed by atoms with van der Waals surface area (Å²) in [4.78, 5) is 28.6. The quantitative estimate of drug-likeness (QED) is 0.542. The zero-order valence-corrected chi connectivity index (χ0v) is 10.8. The van der Waals surface area contributed by atoms with Gasteiger partial charge in [-0.3, -0.25) is 4.57 Å². The van der Waals surface area contributed by atoms with Crippen LogP contribution >= 0.6 is 7.60 Å². The van der Waals surface area contributed by atoms with Gasteiger partial charge in [-0.15, -0.1) is 0 Å². The van der Waals surface area contributed by atoms with Crippen LogP contribution in [0.25, 0.3) is 0 Å². The molecule has 0 unspecified atom stereocenters. The number of benzene rings is 1. The summed E-state index contributed by atoms with van der Waals surface area (Å²) in [6, 6.07) is 6.58. The summed E-state index contributed by atoms with van der Waals surface area (Å²) in [6.45, 7) is 1.88. The fraction of sp³-hybridized carbons (Fsp3) is 0.364. The Morgan fingerprint density at radius 1 is 1.39 bits per heavy atom. The Bertz CT molecular complexity index is 451. The molecule has 0 saturated heterocycles. The van der Waals surface area contributed by atoms with E-state index in [-0.39, 0.29) is 11.6 Å². The molecular formula is C11H16NO5P. The lowest BCUT2D eigenvalue weighted by molar-refractivity contribution is 0.0550. The number of ether oxygens (including phenoxy) is 1. The summed E-state index contributed by atoms with van der Waals surface area (Å²) in [7, 11) is -4.33. The molecular weight excluding hydrogens is 257 g/mol. The number of rotatable bonds is 5. The van der Waals surface area contributed by atoms with Gasteiger partial charge in [0.1, 0.15) is 0 Å². The maximum Gasteiger partial charge on any atom is 0.362 e. The molecule has 7 heteroatoms. The number of carbonyl (C=O) groups is 1. The van der Waals surface area contributed by atoms with Crippen molar-refractivity contribution in [2.24, 2.45) is 5.73 Å². The van der Waals surface area contributed by atoms with Crippen molar-refractivity contribution in [3.63, 3.8) is 0 Å². The van der Waals surface area contributed by atoms with Gasteiger partial charge < -0.3 is 20.3 Å². The molecule has 0 heterocycles. The number of esters is 1. The minimum absolute atomic E-state index is 0.0254. The summed E-state index contributed by atoms with van der Waals surface area (Å²) < 4.78 is 15.0. The second-order valence-electron chi connectivity index (χ2n) is 4.10. The van der Waals surface area contributed by atoms with Crippen molar-refractivity contribution in [2.75, 3.05) is 6.35 Å². The average molecular weight is 273 g/mol. The van der Waals surface area contributed by atoms with Gasteiger partial charge in [0.05, 0.1) is 5.56 Å². The molecule has 0 aliphatic carbocycles. The number of carbonyl (C=O) groups excluding carboxylic acids is 1. The van der Waals surface area contributed by atoms with Crippen molar-refractivity contribution in [3.8, 4) is 0 Å². The first-order valence-electron chi connectivity index (χ1n) is 5.34. The van der Waals surface area contributed by atoms with Gasteiger partial charge in [-0.2, -0.15) is 0 Å². The predicted molar refractivity (Wildman–Crippen MR) is 66.1 cm³/mol. The Morgan fingerprint density at radius 3 is 2.39 bits per heavy atom. The third-order valence-electron chi connectivity index (χ3n) is 2.11. The second-order valence-corrected chi connectivity index (χ2v) is 5.69. The minimum Gasteiger partial charge on any atom is -0.449 e. The third kappa shape index (κ3) is 5.42. The zero-order chi connectivity index (χ0) is 13.8. The van der Waals surface area contributed by atoms with Crippen LogP contribution in [-0.2, 0) is 15.7 Å². The van der Waals surface area contributed by atoms with Crippen molar-refractivity contribution in [1.82, 2.24) is 0 Å². The fourth-order valence-electron chi connectivity index (χ4n) is 1.37. The van der Waals surface area contributed by atoms with Crippen LogP contribution in [0.5, 0.6) is 0 Å². The molecule has 0 amide bonds. The van der Waals surface area contributed by atoms with E-state index in [1.165, 1.54) is 0 Å². The van der Waals surface area contributed by atoms with E-state index in [1.54, 1.807) is 24.3 Å². The van der Waals surface area contributed by atoms with Gasteiger partial charge in [0, 0.05) is 6.04 Å². The van der Waals surface area contributed by atoms with E-state index in [0.717, 1.165) is 5.56 Å². The van der Waals surface area contributed by atoms with Crippen LogP contribution in [-0.4, -0.2) is 28.1 Å². The van der Waals surface area contributed by atoms with Gasteiger partial charge in [0.15, 0.2) is 6.35 Å². The molecule has 0 fully saturated rings. The number of hydrogen-bond donors (Lipinski definition) is 3. The van der Waals surface area contributed by atoms with Crippen LogP contribution in [0.3, 0.4) is 0 Å². The second kappa shape index (κ2) is 6.11. The van der Waals surface area contributed by atoms with Crippen LogP contribution in [0.4, 0.5) is 0 Å². The first kappa shape index (κ1) is 14.9. The predicted octanol–water partition coefficient (Wildman–Crippen LogP) is 0.868. The van der Waals surface area contributed by atoms with E-state index < -0.39 is 19.9 Å². The molecule has 1 rings (SSSR count). The van der Waals surface area contributed by atoms with Crippen LogP contribution in [0.2, 0.25) is 0 Å². The highest BCUT2D eigenvalue weighted by atomic mass is 31.2. The molecule has 0 aromatic heterocycles. The van der Waals surface area contributed by atoms with E-state index in [4.69, 9.17) is 15.5 Å². The van der Waals surface area contributed by atoms with Crippen molar-refractivity contribution in [2.45, 2.75) is 19.4 Å². The lowest BCUT2D eigenvalue weighted by Crippen LogP contribution is -2.17. The van der Waals surface area contributed by atoms with E-state index in [1.807, 2.05) is 6.92 Å². The molecule has 4 N–H and O–H groups in total. The number of nitrogens with two attached hydrogens (primary N) is 1. The standard InChI is InChI=1S/C11H16NO5P/c1-8(12)6-9-2-4-10(5-3-9)11(13)17-7-18(14,15)16/h2-5,8H,6-7,12H2,1H3,(H2,14,15,16)/t8-/m1/s1. The summed E-state index contributed by atoms with van der Waals surface area (Å²) in [5, 5.41) is 0. The zero-order valence-electron chi connectivity index (χ0n) is 9.94. The lowest BCUT2D eigenvalue weighted by atomic mass is 10.1. The molecule has 0 radical (unpaired) electrons. The third-order valence-corrected chi connectivity index (χ3v) is 2.58. The van der Waals surface area contributed by atoms with Crippen molar-refractivity contribution in [1.29, 1.82) is 0 Å². The Kier molecular flexibility index (Phi) is 5.04. The normalized spacial score (nSPS) is 13.1. The largest absolute Gasteiger partial charge is 0.449 e. The number of hydrogen-bond acceptors (Lipinski definition) is 4. The van der Waals surface area contributed by atoms with Gasteiger partial charge in [-0.05, 0) is 31.0 Å². The molecule has 0 spiro atoms. The highest BCUT2D eigenvalue weighted by molar-refractivity contribution is 7.51. The SMILES string of the molecule is C[C@@H](N)Cc1ccc(C(=O)OCP(=O)(O)O)cc1. The molecule has 1 atom stereocenters. The van der Waals surface area contributed by atoms with Gasteiger partial charge in [0.25, 0.3) is 0 Å². The Hall–Kier alpha value is -1.20. The summed E-state index contributed by atoms with van der Waals surface area (Å²) in [5.74, 6) is -0.759. The molecule has 1 aromatic carbocycles. The van der Waals surface area contributed by atoms with Gasteiger partial charge in [0.2, 0.25) is 0 Å². The highest BCUT2D eigenvalue weighted by Crippen LogP contribution is 2.34. The van der Waals surface area contributed by atoms with Crippen LogP contribution in [0.1, 0.15) is 22.8 Å². The van der Waals surface area contributed by atoms with Gasteiger partial charge in [-0.25, -0.2) is 4.79 Å². The van der Waals surface area contributed by atoms with E-state index in [0.29, 0.717) is 6.42 Å². The minimum atomic E-state index is -4.33. The summed E-state index contributed by atoms with van der Waals surface area (Å²) in [6.07, 6.45) is -0.217. The maximum atomic E-state index is 11.4. The molecule has 18 heavy (non-hydrogen) atoms. The molecule has 6 nitrogen and oxygen atoms in total. The van der Waals surface area contributed by atoms with Crippen molar-refractivity contribution < 1.29 is 23.9 Å². The average Bonchev–Trinajstić information content (AvgIpc) is 2.25. The molecule has 1 aromatic rings. The molecule has 0 bridgehead atoms. The first-order chi connectivity index (χ1) is 8.28. The monoisotopic (exact) mass is 273 g/mol. The summed E-state index contributed by atoms with van der Waals surface area (Å²) in [5.41, 5.74) is 6.87. The van der Waals surface area contributed by atoms with Crippen LogP contribution < -0.4 is 5.73 Å². The van der Waals surface area contributed by atoms with Crippen molar-refractivity contribution in [3.05, 3.63) is 35.4 Å². The van der Waals surface area contributed by atoms with Crippen LogP contribution in [0.15, 0.2) is 24.3 Å². The smallest absolute Gasteiger partial charge is 0.362 e. The molecule has 100 valence electrons. The van der Waals surface area contributed by atoms with Crippen molar-refractivity contribution >= 4 is 13.6 Å². The van der Waals surface area contributed by atoms with E-state index >= 15 is 0 Å². The summed E-state index contributed by atoms with van der Waals surface area (Å²) >= 11 is 0. The molecule has 0 saturated carbocycles. The Morgan fingerprint density at radius 2 is 1.94 bits per heavy atom. The fourth-order valence-corrected chi connectivity index (χ4v) is 1.66. The Labute approximate surface area is 105 Å². The maximum absolute atomic E-state index is 11.4. The topological polar surface area (TPSA) is 110 Å².